The molecular weight excluding hydrogens is 348 g/mol. The van der Waals surface area contributed by atoms with Gasteiger partial charge in [-0.1, -0.05) is 0 Å². The second kappa shape index (κ2) is 5.49. The first kappa shape index (κ1) is 15.5. The number of β-lactam (4-membered cyclic amide) rings is 1. The molecule has 4 heterocycles. The van der Waals surface area contributed by atoms with Crippen molar-refractivity contribution in [2.45, 2.75) is 25.3 Å². The monoisotopic (exact) mass is 362 g/mol. The average Bonchev–Trinajstić information content (AvgIpc) is 3.12. The van der Waals surface area contributed by atoms with Gasteiger partial charge in [0, 0.05) is 35.2 Å². The van der Waals surface area contributed by atoms with Crippen LogP contribution in [-0.2, 0) is 27.3 Å². The predicted molar refractivity (Wildman–Crippen MR) is 91.0 cm³/mol. The summed E-state index contributed by atoms with van der Waals surface area (Å²) in [4.78, 5) is 40.2. The summed E-state index contributed by atoms with van der Waals surface area (Å²) in [5.74, 6) is -1.24. The molecule has 1 aromatic rings. The molecule has 0 aromatic carbocycles. The third-order valence-electron chi connectivity index (χ3n) is 4.38. The van der Waals surface area contributed by atoms with E-state index in [1.165, 1.54) is 26.9 Å². The van der Waals surface area contributed by atoms with Gasteiger partial charge >= 0.3 is 5.97 Å². The normalized spacial score (nSPS) is 23.7. The molecular formula is C16H14N2O4S2. The van der Waals surface area contributed by atoms with Gasteiger partial charge in [0.25, 0.3) is 5.91 Å². The molecule has 1 fully saturated rings. The number of nitrogens with zero attached hydrogens (tertiary/aromatic N) is 2. The van der Waals surface area contributed by atoms with Crippen LogP contribution < -0.4 is 0 Å². The fourth-order valence-corrected chi connectivity index (χ4v) is 5.35. The zero-order valence-electron chi connectivity index (χ0n) is 12.8. The molecule has 6 nitrogen and oxygen atoms in total. The number of fused-ring (bicyclic) bond motifs is 2. The van der Waals surface area contributed by atoms with Crippen LogP contribution in [0.5, 0.6) is 0 Å². The zero-order chi connectivity index (χ0) is 17.0. The van der Waals surface area contributed by atoms with Crippen molar-refractivity contribution in [3.8, 4) is 0 Å². The van der Waals surface area contributed by atoms with E-state index in [1.54, 1.807) is 18.3 Å². The first-order chi connectivity index (χ1) is 11.5. The van der Waals surface area contributed by atoms with Crippen LogP contribution in [-0.4, -0.2) is 44.6 Å². The standard InChI is InChI=1S/C16H14N2O4S2/c1-8(19)17-3-2-13-9(6-17)4-10(24-13)5-11-14(20)18-12(16(21)22)7-23-15(11)18/h4-5,7,15H,2-3,6H2,1H3,(H,21,22)/b11-5-/t15-/m1/s1. The van der Waals surface area contributed by atoms with E-state index in [1.807, 2.05) is 17.0 Å². The van der Waals surface area contributed by atoms with Gasteiger partial charge in [0.05, 0.1) is 5.57 Å². The molecule has 0 saturated carbocycles. The number of rotatable bonds is 2. The Hall–Kier alpha value is -2.06. The Bertz CT molecular complexity index is 839. The smallest absolute Gasteiger partial charge is 0.353 e. The molecule has 0 unspecified atom stereocenters. The van der Waals surface area contributed by atoms with E-state index in [4.69, 9.17) is 5.11 Å². The summed E-state index contributed by atoms with van der Waals surface area (Å²) in [6.07, 6.45) is 2.70. The van der Waals surface area contributed by atoms with Crippen LogP contribution in [0, 0.1) is 0 Å². The van der Waals surface area contributed by atoms with Crippen LogP contribution in [0.1, 0.15) is 22.2 Å². The lowest BCUT2D eigenvalue weighted by Crippen LogP contribution is -2.51. The molecule has 0 radical (unpaired) electrons. The van der Waals surface area contributed by atoms with Gasteiger partial charge < -0.3 is 10.0 Å². The average molecular weight is 362 g/mol. The Labute approximate surface area is 146 Å². The Morgan fingerprint density at radius 3 is 2.92 bits per heavy atom. The number of hydrogen-bond donors (Lipinski definition) is 1. The Kier molecular flexibility index (Phi) is 3.54. The molecule has 0 aliphatic carbocycles. The first-order valence-electron chi connectivity index (χ1n) is 7.47. The maximum atomic E-state index is 12.2. The van der Waals surface area contributed by atoms with Crippen molar-refractivity contribution < 1.29 is 19.5 Å². The third kappa shape index (κ3) is 2.29. The van der Waals surface area contributed by atoms with Crippen LogP contribution in [0.15, 0.2) is 22.7 Å². The molecule has 1 atom stereocenters. The summed E-state index contributed by atoms with van der Waals surface area (Å²) in [5.41, 5.74) is 1.82. The van der Waals surface area contributed by atoms with E-state index in [0.717, 1.165) is 23.4 Å². The maximum absolute atomic E-state index is 12.2. The summed E-state index contributed by atoms with van der Waals surface area (Å²) in [7, 11) is 0. The summed E-state index contributed by atoms with van der Waals surface area (Å²) < 4.78 is 0. The second-order valence-electron chi connectivity index (χ2n) is 5.86. The van der Waals surface area contributed by atoms with E-state index < -0.39 is 5.97 Å². The van der Waals surface area contributed by atoms with Crippen molar-refractivity contribution in [3.05, 3.63) is 38.1 Å². The number of carboxylic acids is 1. The minimum Gasteiger partial charge on any atom is -0.477 e. The van der Waals surface area contributed by atoms with E-state index in [2.05, 4.69) is 0 Å². The number of carboxylic acid groups (broad SMARTS) is 1. The van der Waals surface area contributed by atoms with Crippen LogP contribution >= 0.6 is 23.1 Å². The van der Waals surface area contributed by atoms with Gasteiger partial charge in [0.2, 0.25) is 5.91 Å². The van der Waals surface area contributed by atoms with Crippen LogP contribution in [0.25, 0.3) is 6.08 Å². The highest BCUT2D eigenvalue weighted by Gasteiger charge is 2.49. The maximum Gasteiger partial charge on any atom is 0.353 e. The van der Waals surface area contributed by atoms with Gasteiger partial charge in [-0.05, 0) is 24.1 Å². The second-order valence-corrected chi connectivity index (χ2v) is 7.98. The molecule has 3 aliphatic rings. The zero-order valence-corrected chi connectivity index (χ0v) is 14.4. The van der Waals surface area contributed by atoms with Gasteiger partial charge in [-0.2, -0.15) is 0 Å². The van der Waals surface area contributed by atoms with Crippen LogP contribution in [0.3, 0.4) is 0 Å². The summed E-state index contributed by atoms with van der Waals surface area (Å²) in [6.45, 7) is 2.93. The molecule has 2 amide bonds. The highest BCUT2D eigenvalue weighted by molar-refractivity contribution is 8.03. The summed E-state index contributed by atoms with van der Waals surface area (Å²) >= 11 is 2.99. The third-order valence-corrected chi connectivity index (χ3v) is 6.65. The fourth-order valence-electron chi connectivity index (χ4n) is 3.12. The lowest BCUT2D eigenvalue weighted by Gasteiger charge is -2.37. The first-order valence-corrected chi connectivity index (χ1v) is 9.23. The van der Waals surface area contributed by atoms with Crippen LogP contribution in [0.4, 0.5) is 0 Å². The summed E-state index contributed by atoms with van der Waals surface area (Å²) in [5, 5.41) is 10.4. The van der Waals surface area contributed by atoms with E-state index in [9.17, 15) is 14.4 Å². The highest BCUT2D eigenvalue weighted by atomic mass is 32.2. The number of thiophene rings is 1. The molecule has 1 saturated heterocycles. The lowest BCUT2D eigenvalue weighted by atomic mass is 10.0. The van der Waals surface area contributed by atoms with Gasteiger partial charge in [-0.15, -0.1) is 23.1 Å². The number of amides is 2. The predicted octanol–water partition coefficient (Wildman–Crippen LogP) is 1.88. The van der Waals surface area contributed by atoms with Gasteiger partial charge in [0.15, 0.2) is 0 Å². The van der Waals surface area contributed by atoms with Crippen molar-refractivity contribution in [2.24, 2.45) is 0 Å². The number of thioether (sulfide) groups is 1. The van der Waals surface area contributed by atoms with Crippen molar-refractivity contribution >= 4 is 47.0 Å². The van der Waals surface area contributed by atoms with Crippen LogP contribution in [0.2, 0.25) is 0 Å². The minimum absolute atomic E-state index is 0.0507. The van der Waals surface area contributed by atoms with E-state index in [0.29, 0.717) is 12.1 Å². The van der Waals surface area contributed by atoms with E-state index in [-0.39, 0.29) is 22.9 Å². The molecule has 1 N–H and O–H groups in total. The summed E-state index contributed by atoms with van der Waals surface area (Å²) in [6, 6.07) is 2.03. The van der Waals surface area contributed by atoms with Crippen molar-refractivity contribution in [1.29, 1.82) is 0 Å². The molecule has 0 bridgehead atoms. The van der Waals surface area contributed by atoms with Crippen molar-refractivity contribution in [3.63, 3.8) is 0 Å². The largest absolute Gasteiger partial charge is 0.477 e. The van der Waals surface area contributed by atoms with Gasteiger partial charge in [-0.3, -0.25) is 14.5 Å². The van der Waals surface area contributed by atoms with Gasteiger partial charge in [0.1, 0.15) is 11.1 Å². The molecule has 124 valence electrons. The number of hydrogen-bond acceptors (Lipinski definition) is 5. The Morgan fingerprint density at radius 1 is 1.42 bits per heavy atom. The van der Waals surface area contributed by atoms with E-state index >= 15 is 0 Å². The minimum atomic E-state index is -1.08. The van der Waals surface area contributed by atoms with Crippen molar-refractivity contribution in [2.75, 3.05) is 6.54 Å². The number of carbonyl (C=O) groups is 3. The SMILES string of the molecule is CC(=O)N1CCc2sc(/C=C3/C(=O)N4C(C(=O)O)=CS[C@H]34)cc2C1. The lowest BCUT2D eigenvalue weighted by molar-refractivity contribution is -0.141. The molecule has 3 aliphatic heterocycles. The Morgan fingerprint density at radius 2 is 2.21 bits per heavy atom. The van der Waals surface area contributed by atoms with Gasteiger partial charge in [-0.25, -0.2) is 4.79 Å². The number of aliphatic carboxylic acids is 1. The molecule has 0 spiro atoms. The highest BCUT2D eigenvalue weighted by Crippen LogP contribution is 2.45. The molecule has 4 rings (SSSR count). The Balaban J connectivity index is 1.56. The molecule has 1 aromatic heterocycles. The fraction of sp³-hybridized carbons (Fsp3) is 0.312. The topological polar surface area (TPSA) is 77.9 Å². The molecule has 24 heavy (non-hydrogen) atoms. The number of carbonyl (C=O) groups excluding carboxylic acids is 2. The van der Waals surface area contributed by atoms with Crippen molar-refractivity contribution in [1.82, 2.24) is 9.80 Å². The molecule has 8 heteroatoms. The quantitative estimate of drug-likeness (QED) is 0.642.